The molecule has 0 bridgehead atoms. The van der Waals surface area contributed by atoms with Crippen LogP contribution in [0.3, 0.4) is 0 Å². The van der Waals surface area contributed by atoms with Crippen molar-refractivity contribution in [2.75, 3.05) is 20.1 Å². The van der Waals surface area contributed by atoms with E-state index >= 15 is 0 Å². The summed E-state index contributed by atoms with van der Waals surface area (Å²) in [5, 5.41) is 13.6. The quantitative estimate of drug-likeness (QED) is 0.150. The van der Waals surface area contributed by atoms with Crippen LogP contribution in [0.15, 0.2) is 30.3 Å². The fraction of sp³-hybridized carbons (Fsp3) is 0.658. The summed E-state index contributed by atoms with van der Waals surface area (Å²) in [6.07, 6.45) is 2.71. The summed E-state index contributed by atoms with van der Waals surface area (Å²) in [6, 6.07) is 4.74. The molecule has 1 heterocycles. The molecule has 5 N–H and O–H groups in total. The van der Waals surface area contributed by atoms with E-state index in [-0.39, 0.29) is 24.7 Å². The van der Waals surface area contributed by atoms with Crippen LogP contribution in [0, 0.1) is 11.3 Å². The summed E-state index contributed by atoms with van der Waals surface area (Å²) in [7, 11) is 1.72. The van der Waals surface area contributed by atoms with Gasteiger partial charge in [-0.2, -0.15) is 0 Å². The van der Waals surface area contributed by atoms with Gasteiger partial charge in [0.1, 0.15) is 18.1 Å². The molecular weight excluding hydrogens is 668 g/mol. The number of ether oxygens (including phenoxy) is 1. The molecule has 1 aliphatic carbocycles. The van der Waals surface area contributed by atoms with Crippen molar-refractivity contribution in [2.45, 2.75) is 129 Å². The Morgan fingerprint density at radius 3 is 2.13 bits per heavy atom. The van der Waals surface area contributed by atoms with E-state index in [9.17, 15) is 33.6 Å². The normalized spacial score (nSPS) is 18.9. The van der Waals surface area contributed by atoms with Crippen molar-refractivity contribution < 1.29 is 38.3 Å². The number of alkyl carbamates (subject to hydrolysis) is 1. The summed E-state index contributed by atoms with van der Waals surface area (Å²) >= 11 is 0. The molecule has 1 aliphatic heterocycles. The second kappa shape index (κ2) is 18.4. The van der Waals surface area contributed by atoms with Gasteiger partial charge in [0.05, 0.1) is 24.2 Å². The van der Waals surface area contributed by atoms with E-state index in [1.165, 1.54) is 4.90 Å². The highest BCUT2D eigenvalue weighted by atomic mass is 16.6. The number of benzene rings is 1. The zero-order valence-electron chi connectivity index (χ0n) is 31.9. The summed E-state index contributed by atoms with van der Waals surface area (Å²) in [5.41, 5.74) is -0.867. The number of Topliss-reactive ketones (excluding diaryl/α,β-unsaturated/α-hetero) is 2. The van der Waals surface area contributed by atoms with Gasteiger partial charge in [0.2, 0.25) is 23.5 Å². The van der Waals surface area contributed by atoms with Crippen LogP contribution in [-0.4, -0.2) is 96.1 Å². The summed E-state index contributed by atoms with van der Waals surface area (Å²) < 4.78 is 5.20. The molecule has 1 aromatic rings. The number of carbonyl (C=O) groups excluding carboxylic acids is 7. The number of carbonyl (C=O) groups is 7. The van der Waals surface area contributed by atoms with Gasteiger partial charge in [-0.15, -0.1) is 0 Å². The van der Waals surface area contributed by atoms with E-state index < -0.39 is 83.3 Å². The largest absolute Gasteiger partial charge is 0.447 e. The average molecular weight is 727 g/mol. The summed E-state index contributed by atoms with van der Waals surface area (Å²) in [4.78, 5) is 94.9. The minimum absolute atomic E-state index is 0.0447. The molecule has 0 spiro atoms. The molecule has 2 fully saturated rings. The van der Waals surface area contributed by atoms with Crippen molar-refractivity contribution in [2.24, 2.45) is 11.3 Å². The highest BCUT2D eigenvalue weighted by Gasteiger charge is 2.47. The molecule has 14 heteroatoms. The topological polar surface area (TPSA) is 192 Å². The van der Waals surface area contributed by atoms with Gasteiger partial charge < -0.3 is 36.2 Å². The minimum Gasteiger partial charge on any atom is -0.447 e. The molecule has 1 saturated carbocycles. The second-order valence-electron chi connectivity index (χ2n) is 15.4. The van der Waals surface area contributed by atoms with E-state index in [1.54, 1.807) is 72.0 Å². The van der Waals surface area contributed by atoms with Crippen LogP contribution < -0.4 is 26.6 Å². The fourth-order valence-corrected chi connectivity index (χ4v) is 6.54. The monoisotopic (exact) mass is 726 g/mol. The highest BCUT2D eigenvalue weighted by molar-refractivity contribution is 6.38. The first-order valence-corrected chi connectivity index (χ1v) is 18.4. The van der Waals surface area contributed by atoms with E-state index in [1.807, 2.05) is 13.8 Å². The Bertz CT molecular complexity index is 1450. The molecule has 14 nitrogen and oxygen atoms in total. The molecule has 5 atom stereocenters. The van der Waals surface area contributed by atoms with Crippen LogP contribution in [-0.2, 0) is 33.5 Å². The first-order valence-electron chi connectivity index (χ1n) is 18.4. The molecule has 288 valence electrons. The van der Waals surface area contributed by atoms with E-state index in [0.29, 0.717) is 37.7 Å². The third kappa shape index (κ3) is 10.8. The first-order chi connectivity index (χ1) is 24.4. The molecule has 5 unspecified atom stereocenters. The molecule has 1 aromatic carbocycles. The third-order valence-corrected chi connectivity index (χ3v) is 10.0. The smallest absolute Gasteiger partial charge is 0.408 e. The molecule has 3 rings (SSSR count). The lowest BCUT2D eigenvalue weighted by atomic mass is 9.71. The predicted octanol–water partition coefficient (Wildman–Crippen LogP) is 2.70. The van der Waals surface area contributed by atoms with E-state index in [0.717, 1.165) is 6.42 Å². The number of nitrogens with zero attached hydrogens (tertiary/aromatic N) is 1. The van der Waals surface area contributed by atoms with Crippen molar-refractivity contribution in [1.29, 1.82) is 0 Å². The zero-order chi connectivity index (χ0) is 38.8. The maximum absolute atomic E-state index is 13.8. The Kier molecular flexibility index (Phi) is 14.9. The zero-order valence-corrected chi connectivity index (χ0v) is 31.9. The maximum atomic E-state index is 13.8. The maximum Gasteiger partial charge on any atom is 0.408 e. The van der Waals surface area contributed by atoms with Gasteiger partial charge in [0, 0.05) is 6.54 Å². The summed E-state index contributed by atoms with van der Waals surface area (Å²) in [6.45, 7) is 12.3. The number of ketones is 2. The third-order valence-electron chi connectivity index (χ3n) is 10.0. The lowest BCUT2D eigenvalue weighted by Crippen LogP contribution is -2.60. The highest BCUT2D eigenvalue weighted by Crippen LogP contribution is 2.36. The van der Waals surface area contributed by atoms with Crippen LogP contribution in [0.25, 0.3) is 0 Å². The SMILES string of the molecule is CCC(C)CC(NC(=O)C1CCCN1C(=O)C(NC(=O)OC(C)C)C(C)(C)C)C(=O)C(=O)NCC(=O)NC(C(=O)C1(NC)CCC1)c1ccccc1. The number of amides is 5. The van der Waals surface area contributed by atoms with Crippen LogP contribution >= 0.6 is 0 Å². The number of hydrogen-bond acceptors (Lipinski definition) is 9. The van der Waals surface area contributed by atoms with Gasteiger partial charge in [0.25, 0.3) is 5.91 Å². The number of hydrogen-bond donors (Lipinski definition) is 5. The molecular formula is C38H58N6O8. The van der Waals surface area contributed by atoms with Crippen molar-refractivity contribution in [3.8, 4) is 0 Å². The van der Waals surface area contributed by atoms with Crippen molar-refractivity contribution in [3.63, 3.8) is 0 Å². The minimum atomic E-state index is -1.21. The lowest BCUT2D eigenvalue weighted by Gasteiger charge is -2.42. The summed E-state index contributed by atoms with van der Waals surface area (Å²) in [5.74, 6) is -3.91. The van der Waals surface area contributed by atoms with Crippen molar-refractivity contribution in [3.05, 3.63) is 35.9 Å². The van der Waals surface area contributed by atoms with Gasteiger partial charge in [-0.3, -0.25) is 28.8 Å². The van der Waals surface area contributed by atoms with Crippen molar-refractivity contribution in [1.82, 2.24) is 31.5 Å². The Hall–Kier alpha value is -4.33. The van der Waals surface area contributed by atoms with Crippen molar-refractivity contribution >= 4 is 41.3 Å². The Morgan fingerprint density at radius 2 is 1.60 bits per heavy atom. The Morgan fingerprint density at radius 1 is 0.942 bits per heavy atom. The second-order valence-corrected chi connectivity index (χ2v) is 15.4. The fourth-order valence-electron chi connectivity index (χ4n) is 6.54. The van der Waals surface area contributed by atoms with Gasteiger partial charge in [-0.25, -0.2) is 4.79 Å². The van der Waals surface area contributed by atoms with Crippen LogP contribution in [0.2, 0.25) is 0 Å². The number of likely N-dealkylation sites (tertiary alicyclic amines) is 1. The molecule has 5 amide bonds. The number of nitrogens with one attached hydrogen (secondary N) is 5. The van der Waals surface area contributed by atoms with E-state index in [2.05, 4.69) is 26.6 Å². The van der Waals surface area contributed by atoms with Gasteiger partial charge >= 0.3 is 6.09 Å². The van der Waals surface area contributed by atoms with Crippen LogP contribution in [0.4, 0.5) is 4.79 Å². The average Bonchev–Trinajstić information content (AvgIpc) is 3.57. The number of likely N-dealkylation sites (N-methyl/N-ethyl adjacent to an activating group) is 1. The standard InChI is InChI=1S/C38H58N6O8/c1-9-24(4)21-26(41-33(48)27-17-13-20-44(27)35(50)31(37(5,6)7)43-36(51)52-23(2)3)30(46)34(49)40-22-28(45)42-29(25-15-11-10-12-16-25)32(47)38(39-8)18-14-19-38/h10-12,15-16,23-24,26-27,29,31,39H,9,13-14,17-22H2,1-8H3,(H,40,49)(H,41,48)(H,42,45)(H,43,51). The van der Waals surface area contributed by atoms with Crippen LogP contribution in [0.1, 0.15) is 105 Å². The number of rotatable bonds is 17. The molecule has 2 aliphatic rings. The first kappa shape index (κ1) is 42.1. The van der Waals surface area contributed by atoms with Crippen LogP contribution in [0.5, 0.6) is 0 Å². The predicted molar refractivity (Wildman–Crippen MR) is 195 cm³/mol. The molecule has 1 saturated heterocycles. The molecule has 0 radical (unpaired) electrons. The lowest BCUT2D eigenvalue weighted by molar-refractivity contribution is -0.144. The van der Waals surface area contributed by atoms with Gasteiger partial charge in [0.15, 0.2) is 5.78 Å². The van der Waals surface area contributed by atoms with Gasteiger partial charge in [-0.05, 0) is 76.3 Å². The molecule has 0 aromatic heterocycles. The van der Waals surface area contributed by atoms with Gasteiger partial charge in [-0.1, -0.05) is 71.4 Å². The molecule has 52 heavy (non-hydrogen) atoms. The Labute approximate surface area is 307 Å². The van der Waals surface area contributed by atoms with E-state index in [4.69, 9.17) is 4.74 Å². The Balaban J connectivity index is 1.70.